The van der Waals surface area contributed by atoms with Crippen molar-refractivity contribution in [3.63, 3.8) is 0 Å². The number of ether oxygens (including phenoxy) is 2. The molecule has 0 amide bonds. The van der Waals surface area contributed by atoms with Crippen LogP contribution in [0.4, 0.5) is 13.2 Å². The Bertz CT molecular complexity index is 808. The number of halogens is 3. The monoisotopic (exact) mass is 364 g/mol. The molecular formula is C19H15F3O4. The molecule has 0 bridgehead atoms. The van der Waals surface area contributed by atoms with Crippen LogP contribution < -0.4 is 4.74 Å². The van der Waals surface area contributed by atoms with Crippen LogP contribution in [-0.4, -0.2) is 25.5 Å². The molecule has 0 radical (unpaired) electrons. The third-order valence-electron chi connectivity index (χ3n) is 3.38. The van der Waals surface area contributed by atoms with Gasteiger partial charge in [0.05, 0.1) is 12.7 Å². The molecule has 0 aliphatic rings. The van der Waals surface area contributed by atoms with Crippen molar-refractivity contribution >= 4 is 17.8 Å². The molecule has 4 nitrogen and oxygen atoms in total. The van der Waals surface area contributed by atoms with Crippen LogP contribution in [-0.2, 0) is 15.7 Å². The number of ketones is 1. The summed E-state index contributed by atoms with van der Waals surface area (Å²) in [6.07, 6.45) is -2.30. The minimum atomic E-state index is -4.46. The van der Waals surface area contributed by atoms with Crippen molar-refractivity contribution in [1.82, 2.24) is 0 Å². The van der Waals surface area contributed by atoms with Crippen LogP contribution in [0.1, 0.15) is 21.5 Å². The number of alkyl halides is 3. The molecule has 2 rings (SSSR count). The third kappa shape index (κ3) is 5.47. The van der Waals surface area contributed by atoms with Crippen LogP contribution in [0.25, 0.3) is 6.08 Å². The summed E-state index contributed by atoms with van der Waals surface area (Å²) in [5.74, 6) is -0.652. The number of benzene rings is 2. The molecule has 0 heterocycles. The second-order valence-corrected chi connectivity index (χ2v) is 5.22. The summed E-state index contributed by atoms with van der Waals surface area (Å²) in [5, 5.41) is 0. The lowest BCUT2D eigenvalue weighted by molar-refractivity contribution is -0.138. The lowest BCUT2D eigenvalue weighted by Crippen LogP contribution is -2.12. The predicted molar refractivity (Wildman–Crippen MR) is 88.8 cm³/mol. The number of carbonyl (C=O) groups is 2. The SMILES string of the molecule is COc1ccc(C(=O)COC(=O)C=Cc2cccc(C(F)(F)F)c2)cc1. The van der Waals surface area contributed by atoms with E-state index in [-0.39, 0.29) is 5.56 Å². The van der Waals surface area contributed by atoms with Crippen LogP contribution in [0.15, 0.2) is 54.6 Å². The highest BCUT2D eigenvalue weighted by atomic mass is 19.4. The van der Waals surface area contributed by atoms with E-state index in [0.717, 1.165) is 18.2 Å². The largest absolute Gasteiger partial charge is 0.497 e. The maximum Gasteiger partial charge on any atom is 0.416 e. The van der Waals surface area contributed by atoms with Gasteiger partial charge in [-0.15, -0.1) is 0 Å². The molecule has 2 aromatic rings. The summed E-state index contributed by atoms with van der Waals surface area (Å²) in [6.45, 7) is -0.474. The van der Waals surface area contributed by atoms with Crippen LogP contribution >= 0.6 is 0 Å². The fourth-order valence-corrected chi connectivity index (χ4v) is 2.03. The van der Waals surface area contributed by atoms with E-state index in [4.69, 9.17) is 9.47 Å². The molecular weight excluding hydrogens is 349 g/mol. The van der Waals surface area contributed by atoms with Crippen molar-refractivity contribution in [2.45, 2.75) is 6.18 Å². The minimum absolute atomic E-state index is 0.193. The predicted octanol–water partition coefficient (Wildman–Crippen LogP) is 4.15. The van der Waals surface area contributed by atoms with Crippen LogP contribution in [0, 0.1) is 0 Å². The fourth-order valence-electron chi connectivity index (χ4n) is 2.03. The van der Waals surface area contributed by atoms with Gasteiger partial charge < -0.3 is 9.47 Å². The van der Waals surface area contributed by atoms with Gasteiger partial charge in [0.25, 0.3) is 0 Å². The van der Waals surface area contributed by atoms with Gasteiger partial charge in [-0.25, -0.2) is 4.79 Å². The van der Waals surface area contributed by atoms with E-state index >= 15 is 0 Å². The maximum absolute atomic E-state index is 12.6. The third-order valence-corrected chi connectivity index (χ3v) is 3.38. The zero-order valence-electron chi connectivity index (χ0n) is 13.7. The highest BCUT2D eigenvalue weighted by Crippen LogP contribution is 2.29. The molecule has 0 N–H and O–H groups in total. The van der Waals surface area contributed by atoms with Gasteiger partial charge in [0, 0.05) is 11.6 Å². The Hall–Kier alpha value is -3.09. The number of methoxy groups -OCH3 is 1. The van der Waals surface area contributed by atoms with Gasteiger partial charge in [-0.1, -0.05) is 12.1 Å². The van der Waals surface area contributed by atoms with Crippen LogP contribution in [0.5, 0.6) is 5.75 Å². The Balaban J connectivity index is 1.92. The molecule has 0 unspecified atom stereocenters. The van der Waals surface area contributed by atoms with Gasteiger partial charge >= 0.3 is 12.1 Å². The molecule has 0 saturated carbocycles. The molecule has 0 spiro atoms. The van der Waals surface area contributed by atoms with Crippen molar-refractivity contribution < 1.29 is 32.2 Å². The molecule has 0 fully saturated rings. The molecule has 0 aromatic heterocycles. The van der Waals surface area contributed by atoms with Gasteiger partial charge in [0.1, 0.15) is 5.75 Å². The van der Waals surface area contributed by atoms with E-state index in [1.54, 1.807) is 12.1 Å². The van der Waals surface area contributed by atoms with Gasteiger partial charge in [0.2, 0.25) is 0 Å². The molecule has 0 aliphatic heterocycles. The van der Waals surface area contributed by atoms with E-state index in [1.165, 1.54) is 37.5 Å². The molecule has 0 atom stereocenters. The van der Waals surface area contributed by atoms with Gasteiger partial charge in [-0.3, -0.25) is 4.79 Å². The Morgan fingerprint density at radius 2 is 1.77 bits per heavy atom. The van der Waals surface area contributed by atoms with E-state index in [2.05, 4.69) is 0 Å². The lowest BCUT2D eigenvalue weighted by atomic mass is 10.1. The van der Waals surface area contributed by atoms with E-state index in [9.17, 15) is 22.8 Å². The van der Waals surface area contributed by atoms with Gasteiger partial charge in [-0.2, -0.15) is 13.2 Å². The Morgan fingerprint density at radius 3 is 2.38 bits per heavy atom. The number of carbonyl (C=O) groups excluding carboxylic acids is 2. The topological polar surface area (TPSA) is 52.6 Å². The number of rotatable bonds is 6. The lowest BCUT2D eigenvalue weighted by Gasteiger charge is -2.06. The minimum Gasteiger partial charge on any atom is -0.497 e. The first-order chi connectivity index (χ1) is 12.3. The number of hydrogen-bond acceptors (Lipinski definition) is 4. The molecule has 7 heteroatoms. The van der Waals surface area contributed by atoms with Crippen molar-refractivity contribution in [3.05, 3.63) is 71.3 Å². The smallest absolute Gasteiger partial charge is 0.416 e. The van der Waals surface area contributed by atoms with Crippen molar-refractivity contribution in [2.75, 3.05) is 13.7 Å². The first-order valence-electron chi connectivity index (χ1n) is 7.49. The standard InChI is InChI=1S/C19H15F3O4/c1-25-16-8-6-14(7-9-16)17(23)12-26-18(24)10-5-13-3-2-4-15(11-13)19(20,21)22/h2-11H,12H2,1H3. The Labute approximate surface area is 147 Å². The number of Topliss-reactive ketones (excluding diaryl/α,β-unsaturated/α-hetero) is 1. The zero-order valence-corrected chi connectivity index (χ0v) is 13.7. The van der Waals surface area contributed by atoms with Crippen molar-refractivity contribution in [3.8, 4) is 5.75 Å². The average molecular weight is 364 g/mol. The van der Waals surface area contributed by atoms with Crippen LogP contribution in [0.2, 0.25) is 0 Å². The van der Waals surface area contributed by atoms with E-state index < -0.39 is 30.1 Å². The second kappa shape index (κ2) is 8.33. The summed E-state index contributed by atoms with van der Waals surface area (Å²) in [5.41, 5.74) is -0.276. The Kier molecular flexibility index (Phi) is 6.16. The highest BCUT2D eigenvalue weighted by Gasteiger charge is 2.30. The van der Waals surface area contributed by atoms with Crippen LogP contribution in [0.3, 0.4) is 0 Å². The molecule has 136 valence electrons. The van der Waals surface area contributed by atoms with Crippen molar-refractivity contribution in [2.24, 2.45) is 0 Å². The first-order valence-corrected chi connectivity index (χ1v) is 7.49. The quantitative estimate of drug-likeness (QED) is 0.439. The number of esters is 1. The first kappa shape index (κ1) is 19.2. The molecule has 0 saturated heterocycles. The van der Waals surface area contributed by atoms with Gasteiger partial charge in [-0.05, 0) is 48.0 Å². The summed E-state index contributed by atoms with van der Waals surface area (Å²) >= 11 is 0. The second-order valence-electron chi connectivity index (χ2n) is 5.22. The molecule has 0 aliphatic carbocycles. The normalized spacial score (nSPS) is 11.4. The average Bonchev–Trinajstić information content (AvgIpc) is 2.64. The fraction of sp³-hybridized carbons (Fsp3) is 0.158. The van der Waals surface area contributed by atoms with E-state index in [1.807, 2.05) is 0 Å². The number of hydrogen-bond donors (Lipinski definition) is 0. The zero-order chi connectivity index (χ0) is 19.2. The summed E-state index contributed by atoms with van der Waals surface area (Å²) in [6, 6.07) is 10.8. The maximum atomic E-state index is 12.6. The summed E-state index contributed by atoms with van der Waals surface area (Å²) in [7, 11) is 1.50. The summed E-state index contributed by atoms with van der Waals surface area (Å²) in [4.78, 5) is 23.5. The van der Waals surface area contributed by atoms with Crippen molar-refractivity contribution in [1.29, 1.82) is 0 Å². The Morgan fingerprint density at radius 1 is 1.08 bits per heavy atom. The van der Waals surface area contributed by atoms with Gasteiger partial charge in [0.15, 0.2) is 12.4 Å². The molecule has 26 heavy (non-hydrogen) atoms. The highest BCUT2D eigenvalue weighted by molar-refractivity contribution is 5.99. The summed E-state index contributed by atoms with van der Waals surface area (Å²) < 4.78 is 47.7. The molecule has 2 aromatic carbocycles. The van der Waals surface area contributed by atoms with E-state index in [0.29, 0.717) is 11.3 Å².